The lowest BCUT2D eigenvalue weighted by molar-refractivity contribution is -0.137. The molecule has 0 radical (unpaired) electrons. The van der Waals surface area contributed by atoms with Gasteiger partial charge in [0.2, 0.25) is 0 Å². The lowest BCUT2D eigenvalue weighted by Crippen LogP contribution is -2.41. The van der Waals surface area contributed by atoms with Crippen LogP contribution in [-0.4, -0.2) is 16.9 Å². The van der Waals surface area contributed by atoms with Crippen molar-refractivity contribution in [3.05, 3.63) is 71.1 Å². The van der Waals surface area contributed by atoms with E-state index in [9.17, 15) is 18.0 Å². The van der Waals surface area contributed by atoms with Crippen molar-refractivity contribution in [2.75, 3.05) is 4.90 Å². The molecule has 0 bridgehead atoms. The number of carbonyl (C=O) groups is 1. The van der Waals surface area contributed by atoms with E-state index >= 15 is 0 Å². The largest absolute Gasteiger partial charge is 0.416 e. The molecule has 0 unspecified atom stereocenters. The Morgan fingerprint density at radius 2 is 1.63 bits per heavy atom. The molecule has 3 nitrogen and oxygen atoms in total. The van der Waals surface area contributed by atoms with Crippen LogP contribution < -0.4 is 4.90 Å². The maximum atomic E-state index is 13.4. The summed E-state index contributed by atoms with van der Waals surface area (Å²) in [6, 6.07) is 14.2. The predicted molar refractivity (Wildman–Crippen MR) is 113 cm³/mol. The van der Waals surface area contributed by atoms with Crippen LogP contribution in [-0.2, 0) is 6.18 Å². The predicted octanol–water partition coefficient (Wildman–Crippen LogP) is 6.81. The molecule has 1 fully saturated rings. The summed E-state index contributed by atoms with van der Waals surface area (Å²) < 4.78 is 38.7. The van der Waals surface area contributed by atoms with Gasteiger partial charge in [0.15, 0.2) is 5.13 Å². The number of anilines is 1. The maximum absolute atomic E-state index is 13.4. The number of aromatic nitrogens is 1. The molecule has 0 spiro atoms. The van der Waals surface area contributed by atoms with E-state index in [2.05, 4.69) is 0 Å². The van der Waals surface area contributed by atoms with Crippen molar-refractivity contribution in [1.29, 1.82) is 0 Å². The van der Waals surface area contributed by atoms with Crippen LogP contribution in [0.1, 0.15) is 48.0 Å². The number of rotatable bonds is 4. The lowest BCUT2D eigenvalue weighted by atomic mass is 9.94. The van der Waals surface area contributed by atoms with Gasteiger partial charge in [-0.2, -0.15) is 13.2 Å². The molecule has 7 heteroatoms. The quantitative estimate of drug-likeness (QED) is 0.456. The Bertz CT molecular complexity index is 993. The second-order valence-electron chi connectivity index (χ2n) is 7.42. The number of alkyl halides is 3. The summed E-state index contributed by atoms with van der Waals surface area (Å²) in [6.45, 7) is 0. The second-order valence-corrected chi connectivity index (χ2v) is 8.26. The monoisotopic (exact) mass is 430 g/mol. The molecule has 1 aliphatic carbocycles. The van der Waals surface area contributed by atoms with Gasteiger partial charge in [0, 0.05) is 22.5 Å². The van der Waals surface area contributed by atoms with Crippen molar-refractivity contribution in [3.8, 4) is 11.3 Å². The highest BCUT2D eigenvalue weighted by atomic mass is 32.1. The van der Waals surface area contributed by atoms with E-state index < -0.39 is 11.7 Å². The maximum Gasteiger partial charge on any atom is 0.416 e. The third kappa shape index (κ3) is 4.41. The van der Waals surface area contributed by atoms with Gasteiger partial charge < -0.3 is 0 Å². The van der Waals surface area contributed by atoms with Gasteiger partial charge in [0.1, 0.15) is 0 Å². The number of hydrogen-bond donors (Lipinski definition) is 0. The van der Waals surface area contributed by atoms with E-state index in [1.165, 1.54) is 23.5 Å². The molecule has 3 aromatic rings. The van der Waals surface area contributed by atoms with Crippen LogP contribution in [0.4, 0.5) is 18.3 Å². The highest BCUT2D eigenvalue weighted by Gasteiger charge is 2.32. The summed E-state index contributed by atoms with van der Waals surface area (Å²) in [6.07, 6.45) is 0.493. The molecule has 156 valence electrons. The molecule has 30 heavy (non-hydrogen) atoms. The topological polar surface area (TPSA) is 33.2 Å². The summed E-state index contributed by atoms with van der Waals surface area (Å²) in [4.78, 5) is 19.8. The van der Waals surface area contributed by atoms with Crippen molar-refractivity contribution in [2.45, 2.75) is 44.3 Å². The molecule has 2 aromatic carbocycles. The number of benzene rings is 2. The van der Waals surface area contributed by atoms with Crippen LogP contribution in [0.3, 0.4) is 0 Å². The minimum atomic E-state index is -4.43. The number of thiazole rings is 1. The summed E-state index contributed by atoms with van der Waals surface area (Å²) in [7, 11) is 0. The lowest BCUT2D eigenvalue weighted by Gasteiger charge is -2.32. The second kappa shape index (κ2) is 8.60. The van der Waals surface area contributed by atoms with Gasteiger partial charge >= 0.3 is 6.18 Å². The Kier molecular flexibility index (Phi) is 5.90. The fraction of sp³-hybridized carbons (Fsp3) is 0.304. The molecule has 0 aliphatic heterocycles. The summed E-state index contributed by atoms with van der Waals surface area (Å²) in [5, 5.41) is 2.51. The van der Waals surface area contributed by atoms with Gasteiger partial charge in [0.05, 0.1) is 11.3 Å². The van der Waals surface area contributed by atoms with Gasteiger partial charge in [0.25, 0.3) is 5.91 Å². The van der Waals surface area contributed by atoms with E-state index in [0.717, 1.165) is 55.5 Å². The standard InChI is InChI=1S/C23H21F3N2OS/c24-23(25,26)18-13-11-17(12-14-18)21(29)28(19-9-5-2-6-10-19)22-27-20(15-30-22)16-7-3-1-4-8-16/h1,3-4,7-8,11-15,19H,2,5-6,9-10H2. The van der Waals surface area contributed by atoms with Crippen LogP contribution in [0.15, 0.2) is 60.0 Å². The minimum Gasteiger partial charge on any atom is -0.281 e. The summed E-state index contributed by atoms with van der Waals surface area (Å²) >= 11 is 1.39. The van der Waals surface area contributed by atoms with E-state index in [1.54, 1.807) is 4.90 Å². The van der Waals surface area contributed by atoms with Crippen molar-refractivity contribution in [2.24, 2.45) is 0 Å². The molecule has 1 aliphatic rings. The Morgan fingerprint density at radius 3 is 2.27 bits per heavy atom. The number of amides is 1. The molecule has 0 atom stereocenters. The molecular weight excluding hydrogens is 409 g/mol. The van der Waals surface area contributed by atoms with Crippen LogP contribution >= 0.6 is 11.3 Å². The molecule has 1 saturated carbocycles. The van der Waals surface area contributed by atoms with Gasteiger partial charge in [-0.1, -0.05) is 49.6 Å². The zero-order chi connectivity index (χ0) is 21.1. The number of carbonyl (C=O) groups excluding carboxylic acids is 1. The van der Waals surface area contributed by atoms with Crippen molar-refractivity contribution in [3.63, 3.8) is 0 Å². The Hall–Kier alpha value is -2.67. The van der Waals surface area contributed by atoms with E-state index in [4.69, 9.17) is 4.98 Å². The summed E-state index contributed by atoms with van der Waals surface area (Å²) in [5.74, 6) is -0.301. The fourth-order valence-corrected chi connectivity index (χ4v) is 4.71. The van der Waals surface area contributed by atoms with Crippen molar-refractivity contribution < 1.29 is 18.0 Å². The Labute approximate surface area is 177 Å². The molecular formula is C23H21F3N2OS. The summed E-state index contributed by atoms with van der Waals surface area (Å²) in [5.41, 5.74) is 1.23. The van der Waals surface area contributed by atoms with Gasteiger partial charge in [-0.25, -0.2) is 4.98 Å². The zero-order valence-corrected chi connectivity index (χ0v) is 17.0. The first kappa shape index (κ1) is 20.6. The normalized spacial score (nSPS) is 15.2. The zero-order valence-electron chi connectivity index (χ0n) is 16.2. The van der Waals surface area contributed by atoms with Crippen LogP contribution in [0, 0.1) is 0 Å². The molecule has 0 saturated heterocycles. The first-order valence-corrected chi connectivity index (χ1v) is 10.8. The van der Waals surface area contributed by atoms with Crippen LogP contribution in [0.25, 0.3) is 11.3 Å². The SMILES string of the molecule is O=C(c1ccc(C(F)(F)F)cc1)N(c1nc(-c2ccccc2)cs1)C1CCCCC1. The van der Waals surface area contributed by atoms with E-state index in [1.807, 2.05) is 35.7 Å². The van der Waals surface area contributed by atoms with Crippen LogP contribution in [0.5, 0.6) is 0 Å². The van der Waals surface area contributed by atoms with Gasteiger partial charge in [-0.05, 0) is 37.1 Å². The highest BCUT2D eigenvalue weighted by molar-refractivity contribution is 7.14. The fourth-order valence-electron chi connectivity index (χ4n) is 3.81. The smallest absolute Gasteiger partial charge is 0.281 e. The molecule has 1 heterocycles. The molecule has 4 rings (SSSR count). The Morgan fingerprint density at radius 1 is 0.967 bits per heavy atom. The number of nitrogens with zero attached hydrogens (tertiary/aromatic N) is 2. The molecule has 1 aromatic heterocycles. The molecule has 0 N–H and O–H groups in total. The highest BCUT2D eigenvalue weighted by Crippen LogP contribution is 2.34. The van der Waals surface area contributed by atoms with E-state index in [-0.39, 0.29) is 17.5 Å². The first-order valence-electron chi connectivity index (χ1n) is 9.95. The third-order valence-corrected chi connectivity index (χ3v) is 6.23. The molecule has 1 amide bonds. The van der Waals surface area contributed by atoms with Gasteiger partial charge in [-0.15, -0.1) is 11.3 Å². The first-order chi connectivity index (χ1) is 14.4. The minimum absolute atomic E-state index is 0.00307. The third-order valence-electron chi connectivity index (χ3n) is 5.39. The average molecular weight is 430 g/mol. The average Bonchev–Trinajstić information content (AvgIpc) is 3.24. The number of hydrogen-bond acceptors (Lipinski definition) is 3. The van der Waals surface area contributed by atoms with E-state index in [0.29, 0.717) is 5.13 Å². The van der Waals surface area contributed by atoms with Crippen molar-refractivity contribution in [1.82, 2.24) is 4.98 Å². The van der Waals surface area contributed by atoms with Crippen LogP contribution in [0.2, 0.25) is 0 Å². The number of halogens is 3. The van der Waals surface area contributed by atoms with Crippen molar-refractivity contribution >= 4 is 22.4 Å². The van der Waals surface area contributed by atoms with Gasteiger partial charge in [-0.3, -0.25) is 9.69 Å². The Balaban J connectivity index is 1.66.